The van der Waals surface area contributed by atoms with E-state index in [1.165, 1.54) is 6.07 Å². The van der Waals surface area contributed by atoms with Crippen LogP contribution in [0.5, 0.6) is 0 Å². The number of rotatable bonds is 4. The number of halogens is 1. The number of aliphatic hydroxyl groups is 1. The van der Waals surface area contributed by atoms with Crippen LogP contribution in [0.2, 0.25) is 0 Å². The second kappa shape index (κ2) is 6.65. The normalized spacial score (nSPS) is 23.0. The quantitative estimate of drug-likeness (QED) is 0.875. The number of nitriles is 1. The molecule has 0 radical (unpaired) electrons. The first-order valence-electron chi connectivity index (χ1n) is 6.76. The van der Waals surface area contributed by atoms with Crippen LogP contribution < -0.4 is 5.32 Å². The third-order valence-electron chi connectivity index (χ3n) is 3.67. The standard InChI is InChI=1S/C15H19FN2O/c16-15-5-4-12(6-13(15)8-17)10-18-9-11-2-1-3-14(19)7-11/h4-6,11,14,18-19H,1-3,7,9-10H2. The Balaban J connectivity index is 1.81. The number of nitrogens with zero attached hydrogens (tertiary/aromatic N) is 1. The van der Waals surface area contributed by atoms with Crippen molar-refractivity contribution in [2.75, 3.05) is 6.54 Å². The highest BCUT2D eigenvalue weighted by Gasteiger charge is 2.19. The van der Waals surface area contributed by atoms with Gasteiger partial charge in [0.15, 0.2) is 0 Å². The van der Waals surface area contributed by atoms with E-state index in [0.29, 0.717) is 12.5 Å². The van der Waals surface area contributed by atoms with Crippen molar-refractivity contribution in [3.63, 3.8) is 0 Å². The molecule has 0 amide bonds. The van der Waals surface area contributed by atoms with Crippen LogP contribution in [0.4, 0.5) is 4.39 Å². The lowest BCUT2D eigenvalue weighted by Gasteiger charge is -2.26. The lowest BCUT2D eigenvalue weighted by Crippen LogP contribution is -2.28. The van der Waals surface area contributed by atoms with E-state index in [1.54, 1.807) is 12.1 Å². The summed E-state index contributed by atoms with van der Waals surface area (Å²) in [6, 6.07) is 6.45. The highest BCUT2D eigenvalue weighted by atomic mass is 19.1. The molecule has 0 heterocycles. The van der Waals surface area contributed by atoms with Crippen LogP contribution in [-0.2, 0) is 6.54 Å². The van der Waals surface area contributed by atoms with Crippen molar-refractivity contribution in [3.05, 3.63) is 35.1 Å². The molecule has 2 unspecified atom stereocenters. The van der Waals surface area contributed by atoms with E-state index in [9.17, 15) is 9.50 Å². The van der Waals surface area contributed by atoms with Gasteiger partial charge in [0.2, 0.25) is 0 Å². The third-order valence-corrected chi connectivity index (χ3v) is 3.67. The maximum absolute atomic E-state index is 13.2. The van der Waals surface area contributed by atoms with Crippen molar-refractivity contribution < 1.29 is 9.50 Å². The van der Waals surface area contributed by atoms with Crippen molar-refractivity contribution in [3.8, 4) is 6.07 Å². The van der Waals surface area contributed by atoms with Crippen LogP contribution in [-0.4, -0.2) is 17.8 Å². The molecule has 0 saturated heterocycles. The summed E-state index contributed by atoms with van der Waals surface area (Å²) < 4.78 is 13.2. The van der Waals surface area contributed by atoms with Crippen LogP contribution >= 0.6 is 0 Å². The van der Waals surface area contributed by atoms with Gasteiger partial charge in [-0.1, -0.05) is 12.5 Å². The highest BCUT2D eigenvalue weighted by molar-refractivity contribution is 5.34. The Hall–Kier alpha value is -1.44. The van der Waals surface area contributed by atoms with E-state index in [0.717, 1.165) is 37.8 Å². The first kappa shape index (κ1) is 14.0. The molecule has 1 fully saturated rings. The molecule has 1 aromatic carbocycles. The number of hydrogen-bond acceptors (Lipinski definition) is 3. The van der Waals surface area contributed by atoms with Crippen LogP contribution in [0.25, 0.3) is 0 Å². The Labute approximate surface area is 113 Å². The van der Waals surface area contributed by atoms with Crippen molar-refractivity contribution in [2.45, 2.75) is 38.3 Å². The summed E-state index contributed by atoms with van der Waals surface area (Å²) >= 11 is 0. The second-order valence-corrected chi connectivity index (χ2v) is 5.24. The fourth-order valence-corrected chi connectivity index (χ4v) is 2.64. The fraction of sp³-hybridized carbons (Fsp3) is 0.533. The number of nitrogens with one attached hydrogen (secondary N) is 1. The van der Waals surface area contributed by atoms with Crippen molar-refractivity contribution >= 4 is 0 Å². The predicted molar refractivity (Wildman–Crippen MR) is 70.8 cm³/mol. The number of aliphatic hydroxyl groups excluding tert-OH is 1. The Kier molecular flexibility index (Phi) is 4.89. The smallest absolute Gasteiger partial charge is 0.140 e. The maximum Gasteiger partial charge on any atom is 0.140 e. The van der Waals surface area contributed by atoms with Gasteiger partial charge in [0.05, 0.1) is 11.7 Å². The summed E-state index contributed by atoms with van der Waals surface area (Å²) in [6.45, 7) is 1.48. The van der Waals surface area contributed by atoms with Crippen molar-refractivity contribution in [1.29, 1.82) is 5.26 Å². The van der Waals surface area contributed by atoms with E-state index in [1.807, 2.05) is 6.07 Å². The van der Waals surface area contributed by atoms with Crippen LogP contribution in [0.1, 0.15) is 36.8 Å². The summed E-state index contributed by atoms with van der Waals surface area (Å²) in [5.74, 6) is 0.0429. The van der Waals surface area contributed by atoms with E-state index in [4.69, 9.17) is 5.26 Å². The van der Waals surface area contributed by atoms with Gasteiger partial charge in [-0.15, -0.1) is 0 Å². The van der Waals surface area contributed by atoms with Gasteiger partial charge in [-0.25, -0.2) is 4.39 Å². The zero-order chi connectivity index (χ0) is 13.7. The SMILES string of the molecule is N#Cc1cc(CNCC2CCCC(O)C2)ccc1F. The Morgan fingerprint density at radius 1 is 1.42 bits per heavy atom. The molecule has 4 heteroatoms. The minimum Gasteiger partial charge on any atom is -0.393 e. The molecule has 0 aromatic heterocycles. The topological polar surface area (TPSA) is 56.0 Å². The summed E-state index contributed by atoms with van der Waals surface area (Å²) in [6.07, 6.45) is 3.86. The van der Waals surface area contributed by atoms with Gasteiger partial charge in [-0.05, 0) is 49.4 Å². The van der Waals surface area contributed by atoms with Gasteiger partial charge < -0.3 is 10.4 Å². The van der Waals surface area contributed by atoms with E-state index in [2.05, 4.69) is 5.32 Å². The molecule has 19 heavy (non-hydrogen) atoms. The fourth-order valence-electron chi connectivity index (χ4n) is 2.64. The molecule has 2 rings (SSSR count). The van der Waals surface area contributed by atoms with Crippen molar-refractivity contribution in [1.82, 2.24) is 5.32 Å². The van der Waals surface area contributed by atoms with Crippen LogP contribution in [0.3, 0.4) is 0 Å². The predicted octanol–water partition coefficient (Wildman–Crippen LogP) is 2.34. The van der Waals surface area contributed by atoms with Gasteiger partial charge in [0, 0.05) is 6.54 Å². The molecule has 102 valence electrons. The van der Waals surface area contributed by atoms with Crippen LogP contribution in [0.15, 0.2) is 18.2 Å². The summed E-state index contributed by atoms with van der Waals surface area (Å²) in [4.78, 5) is 0. The van der Waals surface area contributed by atoms with E-state index >= 15 is 0 Å². The van der Waals surface area contributed by atoms with Gasteiger partial charge in [0.1, 0.15) is 11.9 Å². The molecule has 1 aliphatic carbocycles. The molecule has 1 aliphatic rings. The number of hydrogen-bond donors (Lipinski definition) is 2. The van der Waals surface area contributed by atoms with Gasteiger partial charge in [0.25, 0.3) is 0 Å². The lowest BCUT2D eigenvalue weighted by atomic mass is 9.87. The molecule has 0 aliphatic heterocycles. The summed E-state index contributed by atoms with van der Waals surface area (Å²) in [7, 11) is 0. The monoisotopic (exact) mass is 262 g/mol. The average molecular weight is 262 g/mol. The minimum atomic E-state index is -0.471. The van der Waals surface area contributed by atoms with Gasteiger partial charge in [-0.2, -0.15) is 5.26 Å². The molecule has 2 N–H and O–H groups in total. The molecule has 3 nitrogen and oxygen atoms in total. The van der Waals surface area contributed by atoms with E-state index in [-0.39, 0.29) is 11.7 Å². The Morgan fingerprint density at radius 2 is 2.26 bits per heavy atom. The summed E-state index contributed by atoms with van der Waals surface area (Å²) in [5, 5.41) is 21.7. The van der Waals surface area contributed by atoms with Crippen LogP contribution in [0, 0.1) is 23.1 Å². The van der Waals surface area contributed by atoms with E-state index < -0.39 is 5.82 Å². The zero-order valence-corrected chi connectivity index (χ0v) is 10.9. The largest absolute Gasteiger partial charge is 0.393 e. The molecule has 1 aromatic rings. The molecule has 0 spiro atoms. The highest BCUT2D eigenvalue weighted by Crippen LogP contribution is 2.23. The molecule has 1 saturated carbocycles. The minimum absolute atomic E-state index is 0.0902. The first-order chi connectivity index (χ1) is 9.19. The number of benzene rings is 1. The molecular weight excluding hydrogens is 243 g/mol. The Bertz CT molecular complexity index is 470. The summed E-state index contributed by atoms with van der Waals surface area (Å²) in [5.41, 5.74) is 1.00. The molecule has 2 atom stereocenters. The zero-order valence-electron chi connectivity index (χ0n) is 10.9. The third kappa shape index (κ3) is 4.02. The Morgan fingerprint density at radius 3 is 3.00 bits per heavy atom. The first-order valence-corrected chi connectivity index (χ1v) is 6.76. The van der Waals surface area contributed by atoms with Gasteiger partial charge >= 0.3 is 0 Å². The second-order valence-electron chi connectivity index (χ2n) is 5.24. The molecular formula is C15H19FN2O. The molecule has 0 bridgehead atoms. The lowest BCUT2D eigenvalue weighted by molar-refractivity contribution is 0.101. The van der Waals surface area contributed by atoms with Gasteiger partial charge in [-0.3, -0.25) is 0 Å². The van der Waals surface area contributed by atoms with Crippen molar-refractivity contribution in [2.24, 2.45) is 5.92 Å². The average Bonchev–Trinajstić information content (AvgIpc) is 2.41. The maximum atomic E-state index is 13.2.